The third-order valence-electron chi connectivity index (χ3n) is 1.91. The monoisotopic (exact) mass is 256 g/mol. The molecular formula is C12H16S3. The molecule has 0 fully saturated rings. The molecule has 0 N–H and O–H groups in total. The summed E-state index contributed by atoms with van der Waals surface area (Å²) in [6.45, 7) is 4.31. The molecule has 0 aromatic heterocycles. The average Bonchev–Trinajstić information content (AvgIpc) is 2.18. The maximum absolute atomic E-state index is 5.32. The third kappa shape index (κ3) is 5.59. The second kappa shape index (κ2) is 7.31. The van der Waals surface area contributed by atoms with Gasteiger partial charge >= 0.3 is 0 Å². The highest BCUT2D eigenvalue weighted by atomic mass is 32.2. The van der Waals surface area contributed by atoms with Crippen molar-refractivity contribution in [1.82, 2.24) is 0 Å². The summed E-state index contributed by atoms with van der Waals surface area (Å²) < 4.78 is 1.04. The van der Waals surface area contributed by atoms with Crippen molar-refractivity contribution in [1.29, 1.82) is 0 Å². The van der Waals surface area contributed by atoms with Crippen molar-refractivity contribution in [2.45, 2.75) is 31.6 Å². The van der Waals surface area contributed by atoms with Gasteiger partial charge in [0.25, 0.3) is 0 Å². The zero-order valence-electron chi connectivity index (χ0n) is 9.16. The van der Waals surface area contributed by atoms with Crippen molar-refractivity contribution in [2.24, 2.45) is 0 Å². The maximum atomic E-state index is 5.32. The van der Waals surface area contributed by atoms with Gasteiger partial charge in [-0.25, -0.2) is 0 Å². The number of aryl methyl sites for hydroxylation is 1. The van der Waals surface area contributed by atoms with E-state index in [4.69, 9.17) is 12.2 Å². The standard InChI is InChI=1S/C12H16S3/c1-3-4-8-14-12(13)15-11-7-5-6-10(2)9-11/h5-7,9H,3-4,8H2,1-2H3. The molecule has 0 amide bonds. The molecule has 0 spiro atoms. The fourth-order valence-electron chi connectivity index (χ4n) is 1.10. The molecule has 0 atom stereocenters. The molecule has 0 heterocycles. The van der Waals surface area contributed by atoms with Crippen LogP contribution in [0.1, 0.15) is 25.3 Å². The Balaban J connectivity index is 2.37. The molecule has 0 aliphatic heterocycles. The zero-order valence-corrected chi connectivity index (χ0v) is 11.6. The van der Waals surface area contributed by atoms with E-state index in [1.807, 2.05) is 0 Å². The lowest BCUT2D eigenvalue weighted by molar-refractivity contribution is 0.898. The molecule has 0 radical (unpaired) electrons. The van der Waals surface area contributed by atoms with Crippen LogP contribution in [-0.4, -0.2) is 9.28 Å². The molecule has 1 aromatic carbocycles. The normalized spacial score (nSPS) is 10.3. The van der Waals surface area contributed by atoms with Crippen LogP contribution in [0.15, 0.2) is 29.2 Å². The third-order valence-corrected chi connectivity index (χ3v) is 4.50. The Morgan fingerprint density at radius 2 is 2.20 bits per heavy atom. The van der Waals surface area contributed by atoms with Crippen molar-refractivity contribution < 1.29 is 0 Å². The molecule has 0 aliphatic carbocycles. The molecule has 1 aromatic rings. The Kier molecular flexibility index (Phi) is 6.37. The minimum atomic E-state index is 1.04. The highest BCUT2D eigenvalue weighted by molar-refractivity contribution is 8.47. The van der Waals surface area contributed by atoms with Gasteiger partial charge < -0.3 is 0 Å². The fraction of sp³-hybridized carbons (Fsp3) is 0.417. The van der Waals surface area contributed by atoms with E-state index in [0.29, 0.717) is 0 Å². The Morgan fingerprint density at radius 1 is 1.40 bits per heavy atom. The zero-order chi connectivity index (χ0) is 11.1. The van der Waals surface area contributed by atoms with Crippen LogP contribution in [0.2, 0.25) is 0 Å². The topological polar surface area (TPSA) is 0 Å². The first-order valence-corrected chi connectivity index (χ1v) is 7.34. The first-order valence-electron chi connectivity index (χ1n) is 5.13. The van der Waals surface area contributed by atoms with E-state index < -0.39 is 0 Å². The summed E-state index contributed by atoms with van der Waals surface area (Å²) in [7, 11) is 0. The largest absolute Gasteiger partial charge is 0.109 e. The van der Waals surface area contributed by atoms with Crippen LogP contribution in [0.25, 0.3) is 0 Å². The van der Waals surface area contributed by atoms with Gasteiger partial charge in [0, 0.05) is 4.90 Å². The van der Waals surface area contributed by atoms with Gasteiger partial charge in [-0.15, -0.1) is 11.8 Å². The summed E-state index contributed by atoms with van der Waals surface area (Å²) in [6.07, 6.45) is 2.49. The lowest BCUT2D eigenvalue weighted by Crippen LogP contribution is -1.85. The van der Waals surface area contributed by atoms with Gasteiger partial charge in [0.1, 0.15) is 3.53 Å². The summed E-state index contributed by atoms with van der Waals surface area (Å²) in [5, 5.41) is 0. The SMILES string of the molecule is CCCCSC(=S)Sc1cccc(C)c1. The molecule has 3 heteroatoms. The van der Waals surface area contributed by atoms with Crippen molar-refractivity contribution in [3.8, 4) is 0 Å². The lowest BCUT2D eigenvalue weighted by Gasteiger charge is -2.03. The van der Waals surface area contributed by atoms with E-state index in [-0.39, 0.29) is 0 Å². The van der Waals surface area contributed by atoms with Gasteiger partial charge in [0.05, 0.1) is 0 Å². The van der Waals surface area contributed by atoms with Gasteiger partial charge in [-0.05, 0) is 31.2 Å². The first kappa shape index (κ1) is 13.1. The van der Waals surface area contributed by atoms with E-state index in [1.165, 1.54) is 23.3 Å². The van der Waals surface area contributed by atoms with Crippen molar-refractivity contribution in [2.75, 3.05) is 5.75 Å². The quantitative estimate of drug-likeness (QED) is 0.427. The number of thioether (sulfide) groups is 2. The van der Waals surface area contributed by atoms with E-state index in [9.17, 15) is 0 Å². The van der Waals surface area contributed by atoms with Crippen molar-refractivity contribution >= 4 is 39.3 Å². The summed E-state index contributed by atoms with van der Waals surface area (Å²) in [4.78, 5) is 1.25. The van der Waals surface area contributed by atoms with Crippen LogP contribution in [0, 0.1) is 6.92 Å². The number of benzene rings is 1. The molecule has 82 valence electrons. The van der Waals surface area contributed by atoms with Crippen LogP contribution in [0.5, 0.6) is 0 Å². The summed E-state index contributed by atoms with van der Waals surface area (Å²) >= 11 is 8.82. The fourth-order valence-corrected chi connectivity index (χ4v) is 3.60. The minimum absolute atomic E-state index is 1.04. The smallest absolute Gasteiger partial charge is 0.107 e. The molecule has 15 heavy (non-hydrogen) atoms. The van der Waals surface area contributed by atoms with E-state index in [1.54, 1.807) is 23.5 Å². The van der Waals surface area contributed by atoms with E-state index in [0.717, 1.165) is 9.28 Å². The summed E-state index contributed by atoms with van der Waals surface area (Å²) in [6, 6.07) is 8.48. The van der Waals surface area contributed by atoms with Gasteiger partial charge in [-0.3, -0.25) is 0 Å². The molecule has 0 nitrogen and oxygen atoms in total. The molecule has 0 bridgehead atoms. The van der Waals surface area contributed by atoms with Gasteiger partial charge in [0.15, 0.2) is 0 Å². The highest BCUT2D eigenvalue weighted by Crippen LogP contribution is 2.27. The van der Waals surface area contributed by atoms with Crippen molar-refractivity contribution in [3.63, 3.8) is 0 Å². The lowest BCUT2D eigenvalue weighted by atomic mass is 10.2. The molecule has 0 saturated carbocycles. The Bertz CT molecular complexity index is 320. The summed E-state index contributed by atoms with van der Waals surface area (Å²) in [5.41, 5.74) is 1.29. The van der Waals surface area contributed by atoms with E-state index in [2.05, 4.69) is 38.1 Å². The van der Waals surface area contributed by atoms with E-state index >= 15 is 0 Å². The molecule has 0 saturated heterocycles. The number of hydrogen-bond donors (Lipinski definition) is 0. The summed E-state index contributed by atoms with van der Waals surface area (Å²) in [5.74, 6) is 1.15. The Labute approximate surface area is 106 Å². The van der Waals surface area contributed by atoms with Crippen LogP contribution in [0.3, 0.4) is 0 Å². The number of unbranched alkanes of at least 4 members (excludes halogenated alkanes) is 1. The van der Waals surface area contributed by atoms with Crippen LogP contribution < -0.4 is 0 Å². The molecule has 1 rings (SSSR count). The number of thiocarbonyl (C=S) groups is 1. The predicted octanol–water partition coefficient (Wildman–Crippen LogP) is 4.91. The second-order valence-electron chi connectivity index (χ2n) is 3.37. The number of rotatable bonds is 4. The van der Waals surface area contributed by atoms with Crippen molar-refractivity contribution in [3.05, 3.63) is 29.8 Å². The number of hydrogen-bond acceptors (Lipinski definition) is 3. The van der Waals surface area contributed by atoms with Crippen LogP contribution in [0.4, 0.5) is 0 Å². The van der Waals surface area contributed by atoms with Crippen LogP contribution >= 0.6 is 35.7 Å². The maximum Gasteiger partial charge on any atom is 0.109 e. The van der Waals surface area contributed by atoms with Gasteiger partial charge in [-0.1, -0.05) is 55.0 Å². The van der Waals surface area contributed by atoms with Gasteiger partial charge in [0.2, 0.25) is 0 Å². The Hall–Kier alpha value is 0.01000. The first-order chi connectivity index (χ1) is 7.22. The molecule has 0 aliphatic rings. The Morgan fingerprint density at radius 3 is 2.87 bits per heavy atom. The second-order valence-corrected chi connectivity index (χ2v) is 6.74. The minimum Gasteiger partial charge on any atom is -0.107 e. The molecule has 0 unspecified atom stereocenters. The highest BCUT2D eigenvalue weighted by Gasteiger charge is 2.00. The van der Waals surface area contributed by atoms with Gasteiger partial charge in [-0.2, -0.15) is 0 Å². The predicted molar refractivity (Wildman–Crippen MR) is 77.0 cm³/mol. The molecular weight excluding hydrogens is 240 g/mol. The average molecular weight is 256 g/mol. The van der Waals surface area contributed by atoms with Crippen LogP contribution in [-0.2, 0) is 0 Å².